The van der Waals surface area contributed by atoms with Gasteiger partial charge in [0.25, 0.3) is 0 Å². The van der Waals surface area contributed by atoms with E-state index in [9.17, 15) is 9.18 Å². The Hall–Kier alpha value is -0.880. The molecule has 1 aromatic rings. The predicted octanol–water partition coefficient (Wildman–Crippen LogP) is 2.59. The largest absolute Gasteiger partial charge is 0.381 e. The van der Waals surface area contributed by atoms with Crippen LogP contribution in [0.25, 0.3) is 0 Å². The molecule has 3 N–H and O–H groups in total. The molecule has 1 aliphatic heterocycles. The number of halogens is 3. The van der Waals surface area contributed by atoms with Crippen LogP contribution in [-0.2, 0) is 9.53 Å². The molecule has 7 heteroatoms. The predicted molar refractivity (Wildman–Crippen MR) is 78.8 cm³/mol. The highest BCUT2D eigenvalue weighted by atomic mass is 35.5. The lowest BCUT2D eigenvalue weighted by atomic mass is 9.92. The van der Waals surface area contributed by atoms with Crippen LogP contribution in [0.2, 0.25) is 5.02 Å². The second kappa shape index (κ2) is 7.78. The summed E-state index contributed by atoms with van der Waals surface area (Å²) in [7, 11) is 0. The molecule has 0 spiro atoms. The molecule has 1 saturated heterocycles. The average Bonchev–Trinajstić information content (AvgIpc) is 2.42. The van der Waals surface area contributed by atoms with Crippen molar-refractivity contribution in [2.45, 2.75) is 18.9 Å². The van der Waals surface area contributed by atoms with Gasteiger partial charge in [0, 0.05) is 18.2 Å². The number of ether oxygens (including phenoxy) is 1. The zero-order chi connectivity index (χ0) is 13.8. The second-order valence-electron chi connectivity index (χ2n) is 4.59. The lowest BCUT2D eigenvalue weighted by molar-refractivity contribution is -0.119. The first-order valence-corrected chi connectivity index (χ1v) is 6.55. The van der Waals surface area contributed by atoms with Gasteiger partial charge in [-0.3, -0.25) is 4.79 Å². The molecule has 1 aromatic carbocycles. The zero-order valence-corrected chi connectivity index (χ0v) is 12.3. The van der Waals surface area contributed by atoms with Gasteiger partial charge in [0.15, 0.2) is 0 Å². The lowest BCUT2D eigenvalue weighted by Gasteiger charge is -2.26. The number of amides is 1. The number of hydrogen-bond donors (Lipinski definition) is 2. The normalized spacial score (nSPS) is 17.1. The fourth-order valence-corrected chi connectivity index (χ4v) is 2.25. The van der Waals surface area contributed by atoms with Crippen molar-refractivity contribution in [1.29, 1.82) is 0 Å². The molecule has 0 bridgehead atoms. The lowest BCUT2D eigenvalue weighted by Crippen LogP contribution is -2.44. The molecular formula is C13H17Cl2FN2O2. The highest BCUT2D eigenvalue weighted by Crippen LogP contribution is 2.21. The number of carbonyl (C=O) groups excluding carboxylic acids is 1. The Labute approximate surface area is 128 Å². The van der Waals surface area contributed by atoms with Gasteiger partial charge in [0.05, 0.1) is 11.7 Å². The van der Waals surface area contributed by atoms with Crippen molar-refractivity contribution in [3.8, 4) is 0 Å². The number of hydrogen-bond acceptors (Lipinski definition) is 3. The minimum absolute atomic E-state index is 0. The van der Waals surface area contributed by atoms with Crippen LogP contribution in [0.5, 0.6) is 0 Å². The summed E-state index contributed by atoms with van der Waals surface area (Å²) in [6, 6.07) is 3.43. The second-order valence-corrected chi connectivity index (χ2v) is 5.03. The van der Waals surface area contributed by atoms with Gasteiger partial charge in [-0.05, 0) is 37.0 Å². The van der Waals surface area contributed by atoms with Crippen molar-refractivity contribution in [3.63, 3.8) is 0 Å². The first-order chi connectivity index (χ1) is 9.08. The quantitative estimate of drug-likeness (QED) is 0.899. The number of benzene rings is 1. The van der Waals surface area contributed by atoms with E-state index >= 15 is 0 Å². The molecule has 1 fully saturated rings. The number of nitrogens with one attached hydrogen (secondary N) is 1. The first-order valence-electron chi connectivity index (χ1n) is 6.17. The van der Waals surface area contributed by atoms with Crippen molar-refractivity contribution in [1.82, 2.24) is 0 Å². The summed E-state index contributed by atoms with van der Waals surface area (Å²) in [5, 5.41) is 2.78. The van der Waals surface area contributed by atoms with Gasteiger partial charge in [-0.1, -0.05) is 11.6 Å². The number of carbonyl (C=O) groups is 1. The molecule has 4 nitrogen and oxygen atoms in total. The van der Waals surface area contributed by atoms with Crippen LogP contribution in [0.3, 0.4) is 0 Å². The van der Waals surface area contributed by atoms with E-state index in [0.717, 1.165) is 18.9 Å². The summed E-state index contributed by atoms with van der Waals surface area (Å²) in [4.78, 5) is 12.0. The topological polar surface area (TPSA) is 64.4 Å². The molecule has 112 valence electrons. The molecule has 0 radical (unpaired) electrons. The van der Waals surface area contributed by atoms with Gasteiger partial charge in [-0.25, -0.2) is 4.39 Å². The highest BCUT2D eigenvalue weighted by molar-refractivity contribution is 6.30. The fourth-order valence-electron chi connectivity index (χ4n) is 2.10. The van der Waals surface area contributed by atoms with Gasteiger partial charge in [-0.15, -0.1) is 12.4 Å². The Balaban J connectivity index is 0.00000200. The zero-order valence-electron chi connectivity index (χ0n) is 10.8. The molecule has 20 heavy (non-hydrogen) atoms. The van der Waals surface area contributed by atoms with Gasteiger partial charge >= 0.3 is 0 Å². The SMILES string of the molecule is Cl.NC(C(=O)Nc1ccc(Cl)cc1F)C1CCOCC1. The summed E-state index contributed by atoms with van der Waals surface area (Å²) in [5.74, 6) is -0.878. The Morgan fingerprint density at radius 3 is 2.70 bits per heavy atom. The van der Waals surface area contributed by atoms with Crippen LogP contribution in [0.1, 0.15) is 12.8 Å². The molecule has 0 aromatic heterocycles. The Bertz CT molecular complexity index is 468. The molecule has 1 amide bonds. The van der Waals surface area contributed by atoms with Crippen molar-refractivity contribution in [2.24, 2.45) is 11.7 Å². The molecule has 1 atom stereocenters. The number of nitrogens with two attached hydrogens (primary N) is 1. The van der Waals surface area contributed by atoms with E-state index in [2.05, 4.69) is 5.32 Å². The maximum atomic E-state index is 13.6. The van der Waals surface area contributed by atoms with Gasteiger partial charge in [0.1, 0.15) is 5.82 Å². The Morgan fingerprint density at radius 1 is 1.45 bits per heavy atom. The number of rotatable bonds is 3. The molecule has 0 aliphatic carbocycles. The molecule has 2 rings (SSSR count). The third-order valence-electron chi connectivity index (χ3n) is 3.27. The molecule has 1 aliphatic rings. The summed E-state index contributed by atoms with van der Waals surface area (Å²) < 4.78 is 18.8. The van der Waals surface area contributed by atoms with E-state index in [1.165, 1.54) is 12.1 Å². The van der Waals surface area contributed by atoms with Crippen molar-refractivity contribution in [3.05, 3.63) is 29.0 Å². The van der Waals surface area contributed by atoms with Crippen molar-refractivity contribution >= 4 is 35.6 Å². The third-order valence-corrected chi connectivity index (χ3v) is 3.50. The molecule has 1 unspecified atom stereocenters. The van der Waals surface area contributed by atoms with E-state index in [0.29, 0.717) is 13.2 Å². The summed E-state index contributed by atoms with van der Waals surface area (Å²) in [5.41, 5.74) is 6.00. The summed E-state index contributed by atoms with van der Waals surface area (Å²) in [6.45, 7) is 1.22. The molecule has 1 heterocycles. The van der Waals surface area contributed by atoms with Crippen molar-refractivity contribution in [2.75, 3.05) is 18.5 Å². The minimum Gasteiger partial charge on any atom is -0.381 e. The van der Waals surface area contributed by atoms with E-state index in [-0.39, 0.29) is 34.9 Å². The van der Waals surface area contributed by atoms with Crippen LogP contribution in [0.15, 0.2) is 18.2 Å². The van der Waals surface area contributed by atoms with Crippen molar-refractivity contribution < 1.29 is 13.9 Å². The third kappa shape index (κ3) is 4.31. The van der Waals surface area contributed by atoms with E-state index < -0.39 is 11.9 Å². The minimum atomic E-state index is -0.654. The fraction of sp³-hybridized carbons (Fsp3) is 0.462. The first kappa shape index (κ1) is 17.2. The maximum Gasteiger partial charge on any atom is 0.241 e. The van der Waals surface area contributed by atoms with E-state index in [4.69, 9.17) is 22.1 Å². The number of anilines is 1. The monoisotopic (exact) mass is 322 g/mol. The van der Waals surface area contributed by atoms with Crippen LogP contribution in [-0.4, -0.2) is 25.2 Å². The maximum absolute atomic E-state index is 13.6. The standard InChI is InChI=1S/C13H16ClFN2O2.ClH/c14-9-1-2-11(10(15)7-9)17-13(18)12(16)8-3-5-19-6-4-8;/h1-2,7-8,12H,3-6,16H2,(H,17,18);1H. The van der Waals surface area contributed by atoms with Crippen LogP contribution in [0.4, 0.5) is 10.1 Å². The van der Waals surface area contributed by atoms with E-state index in [1.807, 2.05) is 0 Å². The summed E-state index contributed by atoms with van der Waals surface area (Å²) >= 11 is 5.65. The summed E-state index contributed by atoms with van der Waals surface area (Å²) in [6.07, 6.45) is 1.50. The van der Waals surface area contributed by atoms with Gasteiger partial charge in [0.2, 0.25) is 5.91 Å². The molecule has 0 saturated carbocycles. The smallest absolute Gasteiger partial charge is 0.241 e. The Kier molecular flexibility index (Phi) is 6.68. The van der Waals surface area contributed by atoms with Gasteiger partial charge in [-0.2, -0.15) is 0 Å². The van der Waals surface area contributed by atoms with Gasteiger partial charge < -0.3 is 15.8 Å². The van der Waals surface area contributed by atoms with Crippen LogP contribution in [0, 0.1) is 11.7 Å². The van der Waals surface area contributed by atoms with Crippen LogP contribution < -0.4 is 11.1 Å². The average molecular weight is 323 g/mol. The van der Waals surface area contributed by atoms with E-state index in [1.54, 1.807) is 0 Å². The Morgan fingerprint density at radius 2 is 2.10 bits per heavy atom. The van der Waals surface area contributed by atoms with Crippen LogP contribution >= 0.6 is 24.0 Å². The highest BCUT2D eigenvalue weighted by Gasteiger charge is 2.26. The molecular weight excluding hydrogens is 306 g/mol.